The zero-order chi connectivity index (χ0) is 20.7. The van der Waals surface area contributed by atoms with Gasteiger partial charge in [-0.2, -0.15) is 0 Å². The Morgan fingerprint density at radius 3 is 2.41 bits per heavy atom. The number of phenols is 1. The van der Waals surface area contributed by atoms with E-state index in [1.807, 2.05) is 18.2 Å². The number of rotatable bonds is 4. The van der Waals surface area contributed by atoms with Crippen molar-refractivity contribution in [1.82, 2.24) is 5.32 Å². The lowest BCUT2D eigenvalue weighted by atomic mass is 9.86. The summed E-state index contributed by atoms with van der Waals surface area (Å²) in [6.07, 6.45) is 0.956. The Morgan fingerprint density at radius 1 is 0.966 bits per heavy atom. The SMILES string of the molecule is COc1cc(OC)c2c(O)cccc2c1-c1ccc2c(c1OC)C(C)NC(C)C2. The maximum atomic E-state index is 10.5. The van der Waals surface area contributed by atoms with Gasteiger partial charge in [-0.15, -0.1) is 0 Å². The predicted molar refractivity (Wildman–Crippen MR) is 115 cm³/mol. The summed E-state index contributed by atoms with van der Waals surface area (Å²) in [7, 11) is 4.94. The summed E-state index contributed by atoms with van der Waals surface area (Å²) >= 11 is 0. The molecule has 5 nitrogen and oxygen atoms in total. The smallest absolute Gasteiger partial charge is 0.134 e. The minimum atomic E-state index is 0.170. The van der Waals surface area contributed by atoms with Gasteiger partial charge in [-0.1, -0.05) is 24.3 Å². The molecule has 0 bridgehead atoms. The molecule has 2 unspecified atom stereocenters. The van der Waals surface area contributed by atoms with Crippen LogP contribution in [0, 0.1) is 0 Å². The third-order valence-corrected chi connectivity index (χ3v) is 5.76. The van der Waals surface area contributed by atoms with Crippen LogP contribution in [0.4, 0.5) is 0 Å². The predicted octanol–water partition coefficient (Wildman–Crippen LogP) is 4.83. The first kappa shape index (κ1) is 19.4. The lowest BCUT2D eigenvalue weighted by Crippen LogP contribution is -2.36. The molecule has 1 aliphatic rings. The lowest BCUT2D eigenvalue weighted by molar-refractivity contribution is 0.382. The molecule has 0 aliphatic carbocycles. The van der Waals surface area contributed by atoms with Crippen LogP contribution in [-0.2, 0) is 6.42 Å². The van der Waals surface area contributed by atoms with Crippen LogP contribution in [0.2, 0.25) is 0 Å². The van der Waals surface area contributed by atoms with Crippen molar-refractivity contribution >= 4 is 10.8 Å². The van der Waals surface area contributed by atoms with Crippen molar-refractivity contribution in [1.29, 1.82) is 0 Å². The van der Waals surface area contributed by atoms with Crippen LogP contribution < -0.4 is 19.5 Å². The molecule has 3 aromatic rings. The normalized spacial score (nSPS) is 18.4. The van der Waals surface area contributed by atoms with E-state index in [4.69, 9.17) is 14.2 Å². The van der Waals surface area contributed by atoms with E-state index in [1.165, 1.54) is 11.1 Å². The highest BCUT2D eigenvalue weighted by molar-refractivity contribution is 6.07. The Bertz CT molecular complexity index is 1080. The van der Waals surface area contributed by atoms with Crippen LogP contribution in [0.25, 0.3) is 21.9 Å². The molecule has 1 heterocycles. The van der Waals surface area contributed by atoms with Gasteiger partial charge in [0.15, 0.2) is 0 Å². The van der Waals surface area contributed by atoms with Gasteiger partial charge >= 0.3 is 0 Å². The maximum Gasteiger partial charge on any atom is 0.134 e. The Hall–Kier alpha value is -2.92. The van der Waals surface area contributed by atoms with Gasteiger partial charge in [-0.3, -0.25) is 0 Å². The fourth-order valence-corrected chi connectivity index (χ4v) is 4.61. The van der Waals surface area contributed by atoms with Gasteiger partial charge in [-0.05, 0) is 31.9 Å². The van der Waals surface area contributed by atoms with Gasteiger partial charge in [0.2, 0.25) is 0 Å². The van der Waals surface area contributed by atoms with Gasteiger partial charge < -0.3 is 24.6 Å². The second-order valence-electron chi connectivity index (χ2n) is 7.57. The summed E-state index contributed by atoms with van der Waals surface area (Å²) in [6.45, 7) is 4.36. The third kappa shape index (κ3) is 3.06. The van der Waals surface area contributed by atoms with E-state index in [-0.39, 0.29) is 11.8 Å². The van der Waals surface area contributed by atoms with Crippen molar-refractivity contribution in [3.05, 3.63) is 47.5 Å². The van der Waals surface area contributed by atoms with Crippen LogP contribution in [-0.4, -0.2) is 32.5 Å². The Morgan fingerprint density at radius 2 is 1.72 bits per heavy atom. The number of benzene rings is 3. The van der Waals surface area contributed by atoms with Gasteiger partial charge in [0, 0.05) is 40.2 Å². The van der Waals surface area contributed by atoms with Crippen molar-refractivity contribution in [2.75, 3.05) is 21.3 Å². The van der Waals surface area contributed by atoms with E-state index >= 15 is 0 Å². The van der Waals surface area contributed by atoms with E-state index in [1.54, 1.807) is 27.4 Å². The van der Waals surface area contributed by atoms with Gasteiger partial charge in [0.25, 0.3) is 0 Å². The molecule has 0 saturated heterocycles. The second-order valence-corrected chi connectivity index (χ2v) is 7.57. The van der Waals surface area contributed by atoms with Gasteiger partial charge in [-0.25, -0.2) is 0 Å². The number of hydrogen-bond donors (Lipinski definition) is 2. The van der Waals surface area contributed by atoms with Crippen molar-refractivity contribution < 1.29 is 19.3 Å². The van der Waals surface area contributed by atoms with Crippen molar-refractivity contribution in [2.45, 2.75) is 32.4 Å². The monoisotopic (exact) mass is 393 g/mol. The Labute approximate surface area is 171 Å². The highest BCUT2D eigenvalue weighted by atomic mass is 16.5. The number of phenolic OH excluding ortho intramolecular Hbond substituents is 1. The molecule has 1 aliphatic heterocycles. The molecule has 3 aromatic carbocycles. The summed E-state index contributed by atoms with van der Waals surface area (Å²) in [6, 6.07) is 12.2. The van der Waals surface area contributed by atoms with E-state index in [0.717, 1.165) is 28.7 Å². The molecular weight excluding hydrogens is 366 g/mol. The fourth-order valence-electron chi connectivity index (χ4n) is 4.61. The minimum absolute atomic E-state index is 0.170. The third-order valence-electron chi connectivity index (χ3n) is 5.76. The maximum absolute atomic E-state index is 10.5. The number of ether oxygens (including phenoxy) is 3. The molecule has 152 valence electrons. The molecule has 0 fully saturated rings. The number of fused-ring (bicyclic) bond motifs is 2. The molecule has 2 atom stereocenters. The summed E-state index contributed by atoms with van der Waals surface area (Å²) < 4.78 is 17.2. The summed E-state index contributed by atoms with van der Waals surface area (Å²) in [5, 5.41) is 15.7. The van der Waals surface area contributed by atoms with E-state index < -0.39 is 0 Å². The highest BCUT2D eigenvalue weighted by Gasteiger charge is 2.28. The van der Waals surface area contributed by atoms with E-state index in [0.29, 0.717) is 22.9 Å². The quantitative estimate of drug-likeness (QED) is 0.665. The zero-order valence-corrected chi connectivity index (χ0v) is 17.5. The van der Waals surface area contributed by atoms with Crippen LogP contribution in [0.1, 0.15) is 31.0 Å². The summed E-state index contributed by atoms with van der Waals surface area (Å²) in [4.78, 5) is 0. The standard InChI is InChI=1S/C24H27NO4/c1-13-11-15-9-10-17(24(29-5)21(15)14(2)25-13)22-16-7-6-8-18(26)23(16)20(28-4)12-19(22)27-3/h6-10,12-14,25-26H,11H2,1-5H3. The Kier molecular flexibility index (Phi) is 5.01. The summed E-state index contributed by atoms with van der Waals surface area (Å²) in [5.74, 6) is 2.24. The largest absolute Gasteiger partial charge is 0.507 e. The van der Waals surface area contributed by atoms with Crippen LogP contribution in [0.5, 0.6) is 23.0 Å². The second kappa shape index (κ2) is 7.48. The number of hydrogen-bond acceptors (Lipinski definition) is 5. The first-order chi connectivity index (χ1) is 14.0. The first-order valence-electron chi connectivity index (χ1n) is 9.83. The highest BCUT2D eigenvalue weighted by Crippen LogP contribution is 2.49. The van der Waals surface area contributed by atoms with Gasteiger partial charge in [0.05, 0.1) is 26.7 Å². The number of nitrogens with one attached hydrogen (secondary N) is 1. The van der Waals surface area contributed by atoms with Crippen LogP contribution >= 0.6 is 0 Å². The molecule has 2 N–H and O–H groups in total. The molecule has 4 rings (SSSR count). The van der Waals surface area contributed by atoms with E-state index in [2.05, 4.69) is 31.3 Å². The number of aromatic hydroxyl groups is 1. The molecule has 0 radical (unpaired) electrons. The molecule has 0 amide bonds. The zero-order valence-electron chi connectivity index (χ0n) is 17.5. The lowest BCUT2D eigenvalue weighted by Gasteiger charge is -2.32. The first-order valence-corrected chi connectivity index (χ1v) is 9.83. The van der Waals surface area contributed by atoms with Gasteiger partial charge in [0.1, 0.15) is 23.0 Å². The van der Waals surface area contributed by atoms with Crippen molar-refractivity contribution in [3.63, 3.8) is 0 Å². The minimum Gasteiger partial charge on any atom is -0.507 e. The fraction of sp³-hybridized carbons (Fsp3) is 0.333. The topological polar surface area (TPSA) is 60.0 Å². The molecule has 0 spiro atoms. The Balaban J connectivity index is 2.08. The molecule has 5 heteroatoms. The number of methoxy groups -OCH3 is 3. The average Bonchev–Trinajstić information content (AvgIpc) is 2.71. The molecule has 0 aromatic heterocycles. The molecule has 0 saturated carbocycles. The average molecular weight is 393 g/mol. The van der Waals surface area contributed by atoms with E-state index in [9.17, 15) is 5.11 Å². The summed E-state index contributed by atoms with van der Waals surface area (Å²) in [5.41, 5.74) is 4.28. The van der Waals surface area contributed by atoms with Crippen LogP contribution in [0.3, 0.4) is 0 Å². The molecular formula is C24H27NO4. The molecule has 29 heavy (non-hydrogen) atoms. The van der Waals surface area contributed by atoms with Crippen molar-refractivity contribution in [3.8, 4) is 34.1 Å². The van der Waals surface area contributed by atoms with Crippen LogP contribution in [0.15, 0.2) is 36.4 Å². The van der Waals surface area contributed by atoms with Crippen molar-refractivity contribution in [2.24, 2.45) is 0 Å².